The van der Waals surface area contributed by atoms with Gasteiger partial charge >= 0.3 is 6.48 Å². The molecule has 0 spiro atoms. The number of para-hydroxylation sites is 1. The smallest absolute Gasteiger partial charge is 0.518 e. The van der Waals surface area contributed by atoms with Gasteiger partial charge in [-0.05, 0) is 35.8 Å². The second kappa shape index (κ2) is 5.15. The van der Waals surface area contributed by atoms with E-state index in [2.05, 4.69) is 9.46 Å². The lowest BCUT2D eigenvalue weighted by molar-refractivity contribution is -0.515. The van der Waals surface area contributed by atoms with Crippen LogP contribution in [0.2, 0.25) is 0 Å². The van der Waals surface area contributed by atoms with Gasteiger partial charge in [0.05, 0.1) is 0 Å². The first-order chi connectivity index (χ1) is 12.3. The monoisotopic (exact) mass is 328 g/mol. The van der Waals surface area contributed by atoms with Crippen molar-refractivity contribution in [2.45, 2.75) is 0 Å². The summed E-state index contributed by atoms with van der Waals surface area (Å²) in [5.41, 5.74) is 2.32. The van der Waals surface area contributed by atoms with Crippen LogP contribution in [0, 0.1) is 5.95 Å². The minimum absolute atomic E-state index is 0.447. The van der Waals surface area contributed by atoms with Crippen LogP contribution in [0.1, 0.15) is 0 Å². The SMILES string of the molecule is Fc1ncccc1[B@-]1(c2ccccc2)Oc2cccc3ccc[n+]1c23. The molecular weight excluding hydrogens is 314 g/mol. The molecule has 1 aliphatic heterocycles. The summed E-state index contributed by atoms with van der Waals surface area (Å²) >= 11 is 0. The normalized spacial score (nSPS) is 18.3. The number of nitrogens with zero attached hydrogens (tertiary/aromatic N) is 2. The first-order valence-corrected chi connectivity index (χ1v) is 8.24. The van der Waals surface area contributed by atoms with Crippen LogP contribution in [0.5, 0.6) is 5.75 Å². The molecule has 0 amide bonds. The first kappa shape index (κ1) is 14.2. The van der Waals surface area contributed by atoms with Gasteiger partial charge in [-0.15, -0.1) is 0 Å². The lowest BCUT2D eigenvalue weighted by atomic mass is 9.42. The van der Waals surface area contributed by atoms with Gasteiger partial charge in [-0.2, -0.15) is 4.39 Å². The van der Waals surface area contributed by atoms with Crippen LogP contribution in [-0.4, -0.2) is 11.5 Å². The Hall–Kier alpha value is -3.21. The molecule has 0 unspecified atom stereocenters. The summed E-state index contributed by atoms with van der Waals surface area (Å²) in [5.74, 6) is 0.244. The number of rotatable bonds is 2. The number of hydrogen-bond donors (Lipinski definition) is 0. The fraction of sp³-hybridized carbons (Fsp3) is 0. The molecule has 0 bridgehead atoms. The highest BCUT2D eigenvalue weighted by atomic mass is 19.1. The topological polar surface area (TPSA) is 26.0 Å². The van der Waals surface area contributed by atoms with Crippen molar-refractivity contribution in [3.63, 3.8) is 0 Å². The van der Waals surface area contributed by atoms with Crippen molar-refractivity contribution >= 4 is 28.3 Å². The van der Waals surface area contributed by atoms with E-state index in [1.165, 1.54) is 6.20 Å². The van der Waals surface area contributed by atoms with Crippen LogP contribution >= 0.6 is 0 Å². The van der Waals surface area contributed by atoms with E-state index in [1.54, 1.807) is 12.1 Å². The fourth-order valence-electron chi connectivity index (χ4n) is 3.93. The van der Waals surface area contributed by atoms with E-state index in [0.29, 0.717) is 5.46 Å². The lowest BCUT2D eigenvalue weighted by Crippen LogP contribution is -2.80. The van der Waals surface area contributed by atoms with Crippen molar-refractivity contribution in [1.82, 2.24) is 4.98 Å². The van der Waals surface area contributed by atoms with Gasteiger partial charge < -0.3 is 9.13 Å². The number of pyridine rings is 2. The van der Waals surface area contributed by atoms with Crippen molar-refractivity contribution in [1.29, 1.82) is 0 Å². The molecule has 0 fully saturated rings. The van der Waals surface area contributed by atoms with Crippen LogP contribution in [0.15, 0.2) is 85.2 Å². The van der Waals surface area contributed by atoms with Gasteiger partial charge in [-0.1, -0.05) is 47.9 Å². The lowest BCUT2D eigenvalue weighted by Gasteiger charge is -2.31. The molecular formula is C20H14BFN2O. The molecule has 0 N–H and O–H groups in total. The van der Waals surface area contributed by atoms with Crippen molar-refractivity contribution in [2.75, 3.05) is 0 Å². The number of benzene rings is 2. The maximum atomic E-state index is 14.8. The molecule has 120 valence electrons. The van der Waals surface area contributed by atoms with Crippen LogP contribution in [-0.2, 0) is 0 Å². The molecule has 5 heteroatoms. The van der Waals surface area contributed by atoms with Crippen molar-refractivity contribution < 1.29 is 13.5 Å². The average Bonchev–Trinajstić information content (AvgIpc) is 3.01. The van der Waals surface area contributed by atoms with E-state index in [1.807, 2.05) is 66.9 Å². The zero-order valence-electron chi connectivity index (χ0n) is 13.3. The predicted octanol–water partition coefficient (Wildman–Crippen LogP) is 2.16. The zero-order valence-corrected chi connectivity index (χ0v) is 13.3. The summed E-state index contributed by atoms with van der Waals surface area (Å²) in [6.07, 6.45) is 3.42. The molecule has 2 aromatic carbocycles. The third-order valence-electron chi connectivity index (χ3n) is 4.96. The molecule has 0 saturated carbocycles. The molecule has 1 aliphatic rings. The Labute approximate surface area is 144 Å². The van der Waals surface area contributed by atoms with Crippen molar-refractivity contribution in [2.24, 2.45) is 0 Å². The highest BCUT2D eigenvalue weighted by Gasteiger charge is 2.52. The Bertz CT molecular complexity index is 1100. The fourth-order valence-corrected chi connectivity index (χ4v) is 3.93. The third-order valence-corrected chi connectivity index (χ3v) is 4.96. The number of halogens is 1. The van der Waals surface area contributed by atoms with Gasteiger partial charge in [0.15, 0.2) is 5.95 Å². The Morgan fingerprint density at radius 2 is 1.72 bits per heavy atom. The zero-order chi connectivity index (χ0) is 16.9. The van der Waals surface area contributed by atoms with E-state index in [0.717, 1.165) is 22.1 Å². The molecule has 3 nitrogen and oxygen atoms in total. The van der Waals surface area contributed by atoms with Gasteiger partial charge in [0.25, 0.3) is 0 Å². The van der Waals surface area contributed by atoms with Crippen LogP contribution in [0.3, 0.4) is 0 Å². The minimum Gasteiger partial charge on any atom is -0.647 e. The second-order valence-electron chi connectivity index (χ2n) is 6.27. The Balaban J connectivity index is 1.93. The number of hydrogen-bond acceptors (Lipinski definition) is 2. The first-order valence-electron chi connectivity index (χ1n) is 8.24. The molecule has 0 aliphatic carbocycles. The minimum atomic E-state index is -1.99. The summed E-state index contributed by atoms with van der Waals surface area (Å²) in [6, 6.07) is 23.2. The predicted molar refractivity (Wildman–Crippen MR) is 95.8 cm³/mol. The molecule has 1 atom stereocenters. The standard InChI is InChI=1S/C20H14BFN2O/c22-20-17(11-5-13-23-20)21(16-9-2-1-3-10-16)24-14-6-8-15-7-4-12-18(25-21)19(15)24/h1-14H/t21-/m0/s1. The van der Waals surface area contributed by atoms with E-state index < -0.39 is 12.4 Å². The highest BCUT2D eigenvalue weighted by Crippen LogP contribution is 2.30. The average molecular weight is 328 g/mol. The van der Waals surface area contributed by atoms with E-state index in [-0.39, 0.29) is 0 Å². The van der Waals surface area contributed by atoms with Gasteiger partial charge in [0.1, 0.15) is 11.9 Å². The maximum absolute atomic E-state index is 14.8. The van der Waals surface area contributed by atoms with Crippen LogP contribution in [0.25, 0.3) is 10.9 Å². The van der Waals surface area contributed by atoms with Crippen LogP contribution < -0.4 is 20.1 Å². The third kappa shape index (κ3) is 1.86. The van der Waals surface area contributed by atoms with Gasteiger partial charge in [0, 0.05) is 11.6 Å². The van der Waals surface area contributed by atoms with Gasteiger partial charge in [0.2, 0.25) is 5.52 Å². The molecule has 5 rings (SSSR count). The van der Waals surface area contributed by atoms with E-state index >= 15 is 0 Å². The maximum Gasteiger partial charge on any atom is 0.518 e. The summed E-state index contributed by atoms with van der Waals surface area (Å²) in [7, 11) is 0. The summed E-state index contributed by atoms with van der Waals surface area (Å²) < 4.78 is 23.4. The second-order valence-corrected chi connectivity index (χ2v) is 6.27. The molecule has 4 aromatic rings. The summed E-state index contributed by atoms with van der Waals surface area (Å²) in [4.78, 5) is 3.88. The Morgan fingerprint density at radius 3 is 2.56 bits per heavy atom. The van der Waals surface area contributed by atoms with Crippen molar-refractivity contribution in [3.05, 3.63) is 91.1 Å². The molecule has 2 aromatic heterocycles. The Kier molecular flexibility index (Phi) is 2.92. The summed E-state index contributed by atoms with van der Waals surface area (Å²) in [6.45, 7) is -1.99. The molecule has 25 heavy (non-hydrogen) atoms. The van der Waals surface area contributed by atoms with E-state index in [9.17, 15) is 4.39 Å². The van der Waals surface area contributed by atoms with E-state index in [4.69, 9.17) is 4.65 Å². The molecule has 3 heterocycles. The molecule has 0 saturated heterocycles. The Morgan fingerprint density at radius 1 is 0.880 bits per heavy atom. The van der Waals surface area contributed by atoms with Gasteiger partial charge in [-0.25, -0.2) is 4.98 Å². The number of aromatic nitrogens is 2. The van der Waals surface area contributed by atoms with Crippen molar-refractivity contribution in [3.8, 4) is 5.75 Å². The largest absolute Gasteiger partial charge is 0.647 e. The quantitative estimate of drug-likeness (QED) is 0.416. The highest BCUT2D eigenvalue weighted by molar-refractivity contribution is 6.92. The van der Waals surface area contributed by atoms with Crippen LogP contribution in [0.4, 0.5) is 4.39 Å². The summed E-state index contributed by atoms with van der Waals surface area (Å²) in [5, 5.41) is 1.06. The van der Waals surface area contributed by atoms with Gasteiger partial charge in [-0.3, -0.25) is 0 Å². The molecule has 0 radical (unpaired) electrons.